The summed E-state index contributed by atoms with van der Waals surface area (Å²) in [6, 6.07) is 16.8. The number of likely N-dealkylation sites (tertiary alicyclic amines) is 1. The zero-order valence-corrected chi connectivity index (χ0v) is 20.7. The van der Waals surface area contributed by atoms with E-state index in [2.05, 4.69) is 25.6 Å². The Morgan fingerprint density at radius 1 is 1.08 bits per heavy atom. The highest BCUT2D eigenvalue weighted by Gasteiger charge is 2.37. The first-order valence-electron chi connectivity index (χ1n) is 12.3. The summed E-state index contributed by atoms with van der Waals surface area (Å²) in [7, 11) is 0. The molecule has 0 bridgehead atoms. The lowest BCUT2D eigenvalue weighted by molar-refractivity contribution is -0.135. The third-order valence-corrected chi connectivity index (χ3v) is 6.66. The van der Waals surface area contributed by atoms with Crippen molar-refractivity contribution in [3.8, 4) is 28.2 Å². The molecule has 10 heteroatoms. The minimum atomic E-state index is -1.20. The molecule has 3 heterocycles. The van der Waals surface area contributed by atoms with Crippen LogP contribution < -0.4 is 5.32 Å². The molecule has 0 unspecified atom stereocenters. The van der Waals surface area contributed by atoms with E-state index in [4.69, 9.17) is 0 Å². The Morgan fingerprint density at radius 3 is 2.54 bits per heavy atom. The van der Waals surface area contributed by atoms with Crippen LogP contribution in [-0.2, 0) is 4.79 Å². The van der Waals surface area contributed by atoms with E-state index < -0.39 is 12.1 Å². The van der Waals surface area contributed by atoms with Gasteiger partial charge in [-0.15, -0.1) is 5.10 Å². The van der Waals surface area contributed by atoms with Crippen molar-refractivity contribution in [3.63, 3.8) is 0 Å². The lowest BCUT2D eigenvalue weighted by Crippen LogP contribution is -2.50. The van der Waals surface area contributed by atoms with Crippen LogP contribution in [0.15, 0.2) is 67.0 Å². The predicted octanol–water partition coefficient (Wildman–Crippen LogP) is 4.28. The minimum absolute atomic E-state index is 0.163. The fourth-order valence-corrected chi connectivity index (χ4v) is 4.72. The fourth-order valence-electron chi connectivity index (χ4n) is 4.72. The van der Waals surface area contributed by atoms with E-state index in [0.29, 0.717) is 12.4 Å². The lowest BCUT2D eigenvalue weighted by atomic mass is 10.0. The molecule has 1 saturated heterocycles. The SMILES string of the molecule is CC(C)[C@H](NC(=O)O)C(=O)N1CCC[C@H]1c1ncc(-c2ccc(-n3cc(-c4ccccc4)nn3)cc2)[nH]1. The molecule has 0 radical (unpaired) electrons. The summed E-state index contributed by atoms with van der Waals surface area (Å²) in [5.74, 6) is 0.320. The van der Waals surface area contributed by atoms with Crippen LogP contribution in [0.25, 0.3) is 28.2 Å². The van der Waals surface area contributed by atoms with Crippen molar-refractivity contribution in [1.82, 2.24) is 35.2 Å². The third kappa shape index (κ3) is 5.09. The smallest absolute Gasteiger partial charge is 0.405 e. The van der Waals surface area contributed by atoms with Crippen LogP contribution in [0, 0.1) is 5.92 Å². The second kappa shape index (κ2) is 10.3. The molecule has 5 rings (SSSR count). The number of H-pyrrole nitrogens is 1. The number of carbonyl (C=O) groups is 2. The molecule has 2 aromatic carbocycles. The predicted molar refractivity (Wildman–Crippen MR) is 138 cm³/mol. The maximum absolute atomic E-state index is 13.2. The van der Waals surface area contributed by atoms with E-state index in [1.165, 1.54) is 0 Å². The number of rotatable bonds is 7. The summed E-state index contributed by atoms with van der Waals surface area (Å²) < 4.78 is 1.74. The van der Waals surface area contributed by atoms with Crippen LogP contribution in [0.5, 0.6) is 0 Å². The highest BCUT2D eigenvalue weighted by Crippen LogP contribution is 2.33. The van der Waals surface area contributed by atoms with Crippen molar-refractivity contribution < 1.29 is 14.7 Å². The highest BCUT2D eigenvalue weighted by atomic mass is 16.4. The Kier molecular flexibility index (Phi) is 6.72. The second-order valence-corrected chi connectivity index (χ2v) is 9.50. The zero-order valence-electron chi connectivity index (χ0n) is 20.7. The molecule has 3 N–H and O–H groups in total. The first-order valence-corrected chi connectivity index (χ1v) is 12.3. The normalized spacial score (nSPS) is 16.2. The molecule has 0 spiro atoms. The molecule has 10 nitrogen and oxygen atoms in total. The highest BCUT2D eigenvalue weighted by molar-refractivity contribution is 5.86. The molecule has 0 saturated carbocycles. The van der Waals surface area contributed by atoms with Crippen molar-refractivity contribution in [3.05, 3.63) is 72.8 Å². The Balaban J connectivity index is 1.31. The van der Waals surface area contributed by atoms with Crippen molar-refractivity contribution in [2.45, 2.75) is 38.8 Å². The average Bonchev–Trinajstić information content (AvgIpc) is 3.67. The van der Waals surface area contributed by atoms with Gasteiger partial charge < -0.3 is 20.3 Å². The molecule has 2 aromatic heterocycles. The van der Waals surface area contributed by atoms with Crippen LogP contribution in [0.3, 0.4) is 0 Å². The first-order chi connectivity index (χ1) is 17.9. The molecule has 2 atom stereocenters. The zero-order chi connectivity index (χ0) is 25.9. The fraction of sp³-hybridized carbons (Fsp3) is 0.296. The Labute approximate surface area is 214 Å². The van der Waals surface area contributed by atoms with Gasteiger partial charge in [-0.1, -0.05) is 61.5 Å². The number of benzene rings is 2. The van der Waals surface area contributed by atoms with Crippen LogP contribution in [-0.4, -0.2) is 59.6 Å². The summed E-state index contributed by atoms with van der Waals surface area (Å²) in [6.07, 6.45) is 4.07. The van der Waals surface area contributed by atoms with E-state index >= 15 is 0 Å². The van der Waals surface area contributed by atoms with Gasteiger partial charge in [0.2, 0.25) is 5.91 Å². The number of carbonyl (C=O) groups excluding carboxylic acids is 1. The lowest BCUT2D eigenvalue weighted by Gasteiger charge is -2.29. The molecule has 4 aromatic rings. The number of imidazole rings is 1. The van der Waals surface area contributed by atoms with Crippen molar-refractivity contribution >= 4 is 12.0 Å². The van der Waals surface area contributed by atoms with Crippen molar-refractivity contribution in [2.75, 3.05) is 6.54 Å². The van der Waals surface area contributed by atoms with Crippen LogP contribution >= 0.6 is 0 Å². The van der Waals surface area contributed by atoms with Crippen LogP contribution in [0.4, 0.5) is 4.79 Å². The third-order valence-electron chi connectivity index (χ3n) is 6.66. The van der Waals surface area contributed by atoms with E-state index in [1.54, 1.807) is 15.8 Å². The number of hydrogen-bond acceptors (Lipinski definition) is 5. The summed E-state index contributed by atoms with van der Waals surface area (Å²) in [5, 5.41) is 20.1. The van der Waals surface area contributed by atoms with Gasteiger partial charge in [0.1, 0.15) is 17.6 Å². The van der Waals surface area contributed by atoms with E-state index in [1.807, 2.05) is 74.6 Å². The number of nitrogens with one attached hydrogen (secondary N) is 2. The number of aromatic amines is 1. The number of nitrogens with zero attached hydrogens (tertiary/aromatic N) is 5. The summed E-state index contributed by atoms with van der Waals surface area (Å²) in [5.41, 5.74) is 4.49. The first kappa shape index (κ1) is 24.2. The van der Waals surface area contributed by atoms with E-state index in [9.17, 15) is 14.7 Å². The van der Waals surface area contributed by atoms with Gasteiger partial charge in [-0.25, -0.2) is 14.5 Å². The maximum Gasteiger partial charge on any atom is 0.405 e. The van der Waals surface area contributed by atoms with Gasteiger partial charge in [0.15, 0.2) is 0 Å². The van der Waals surface area contributed by atoms with Crippen LogP contribution in [0.2, 0.25) is 0 Å². The maximum atomic E-state index is 13.2. The quantitative estimate of drug-likeness (QED) is 0.348. The minimum Gasteiger partial charge on any atom is -0.465 e. The number of aromatic nitrogens is 5. The molecule has 1 aliphatic rings. The monoisotopic (exact) mass is 499 g/mol. The standard InChI is InChI=1S/C27H29N7O3/c1-17(2)24(30-27(36)37)26(35)33-14-6-9-23(33)25-28-15-21(29-25)19-10-12-20(13-11-19)34-16-22(31-32-34)18-7-4-3-5-8-18/h3-5,7-8,10-13,15-17,23-24,30H,6,9,14H2,1-2H3,(H,28,29)(H,36,37)/t23-,24-/m0/s1. The molecule has 1 aliphatic heterocycles. The van der Waals surface area contributed by atoms with Crippen molar-refractivity contribution in [1.29, 1.82) is 0 Å². The van der Waals surface area contributed by atoms with Gasteiger partial charge in [-0.3, -0.25) is 4.79 Å². The molecule has 2 amide bonds. The number of hydrogen-bond donors (Lipinski definition) is 3. The molecular formula is C27H29N7O3. The van der Waals surface area contributed by atoms with Crippen LogP contribution in [0.1, 0.15) is 38.6 Å². The van der Waals surface area contributed by atoms with Gasteiger partial charge in [-0.05, 0) is 36.5 Å². The van der Waals surface area contributed by atoms with Gasteiger partial charge >= 0.3 is 6.09 Å². The Bertz CT molecular complexity index is 1380. The molecule has 37 heavy (non-hydrogen) atoms. The van der Waals surface area contributed by atoms with Gasteiger partial charge in [0, 0.05) is 12.1 Å². The molecule has 0 aliphatic carbocycles. The summed E-state index contributed by atoms with van der Waals surface area (Å²) in [6.45, 7) is 4.24. The topological polar surface area (TPSA) is 129 Å². The van der Waals surface area contributed by atoms with Crippen molar-refractivity contribution in [2.24, 2.45) is 5.92 Å². The van der Waals surface area contributed by atoms with E-state index in [0.717, 1.165) is 41.0 Å². The Hall–Kier alpha value is -4.47. The number of amides is 2. The van der Waals surface area contributed by atoms with E-state index in [-0.39, 0.29) is 17.9 Å². The summed E-state index contributed by atoms with van der Waals surface area (Å²) in [4.78, 5) is 34.1. The molecule has 190 valence electrons. The average molecular weight is 500 g/mol. The van der Waals surface area contributed by atoms with Gasteiger partial charge in [0.05, 0.1) is 29.8 Å². The number of carboxylic acid groups (broad SMARTS) is 1. The summed E-state index contributed by atoms with van der Waals surface area (Å²) >= 11 is 0. The second-order valence-electron chi connectivity index (χ2n) is 9.50. The Morgan fingerprint density at radius 2 is 1.84 bits per heavy atom. The van der Waals surface area contributed by atoms with Gasteiger partial charge in [-0.2, -0.15) is 0 Å². The molecular weight excluding hydrogens is 470 g/mol. The van der Waals surface area contributed by atoms with Gasteiger partial charge in [0.25, 0.3) is 0 Å². The largest absolute Gasteiger partial charge is 0.465 e. The molecule has 1 fully saturated rings.